The van der Waals surface area contributed by atoms with Gasteiger partial charge in [0.2, 0.25) is 11.8 Å². The molecule has 1 heterocycles. The molecule has 0 aliphatic carbocycles. The van der Waals surface area contributed by atoms with E-state index in [-0.39, 0.29) is 30.4 Å². The molecule has 4 heteroatoms. The van der Waals surface area contributed by atoms with Gasteiger partial charge in [-0.3, -0.25) is 9.59 Å². The standard InChI is InChI=1S/C9H16N2O2/c1-4-7-9(13)10-5-8(12)11(7)6(2)3/h6-7H,4-5H2,1-3H3,(H,10,13). The summed E-state index contributed by atoms with van der Waals surface area (Å²) >= 11 is 0. The number of nitrogens with zero attached hydrogens (tertiary/aromatic N) is 1. The lowest BCUT2D eigenvalue weighted by molar-refractivity contribution is -0.147. The van der Waals surface area contributed by atoms with Crippen molar-refractivity contribution in [3.63, 3.8) is 0 Å². The minimum atomic E-state index is -0.277. The summed E-state index contributed by atoms with van der Waals surface area (Å²) in [6.07, 6.45) is 0.676. The Kier molecular flexibility index (Phi) is 2.90. The predicted octanol–water partition coefficient (Wildman–Crippen LogP) is 0.132. The number of piperazine rings is 1. The third-order valence-corrected chi connectivity index (χ3v) is 2.28. The Morgan fingerprint density at radius 3 is 2.54 bits per heavy atom. The minimum absolute atomic E-state index is 0.0152. The van der Waals surface area contributed by atoms with Crippen LogP contribution in [0.1, 0.15) is 27.2 Å². The SMILES string of the molecule is CCC1C(=O)NCC(=O)N1C(C)C. The molecule has 0 aromatic carbocycles. The van der Waals surface area contributed by atoms with Gasteiger partial charge in [-0.15, -0.1) is 0 Å². The van der Waals surface area contributed by atoms with Crippen LogP contribution in [0, 0.1) is 0 Å². The molecule has 4 nitrogen and oxygen atoms in total. The Hall–Kier alpha value is -1.06. The van der Waals surface area contributed by atoms with Crippen molar-refractivity contribution in [2.45, 2.75) is 39.3 Å². The molecule has 1 saturated heterocycles. The molecule has 1 aliphatic heterocycles. The maximum absolute atomic E-state index is 11.5. The van der Waals surface area contributed by atoms with E-state index in [1.54, 1.807) is 4.90 Å². The van der Waals surface area contributed by atoms with E-state index in [1.807, 2.05) is 20.8 Å². The molecule has 0 aromatic rings. The molecule has 13 heavy (non-hydrogen) atoms. The maximum atomic E-state index is 11.5. The largest absolute Gasteiger partial charge is 0.345 e. The first-order chi connectivity index (χ1) is 6.07. The van der Waals surface area contributed by atoms with Gasteiger partial charge in [0.15, 0.2) is 0 Å². The van der Waals surface area contributed by atoms with E-state index in [1.165, 1.54) is 0 Å². The van der Waals surface area contributed by atoms with E-state index >= 15 is 0 Å². The predicted molar refractivity (Wildman–Crippen MR) is 49.1 cm³/mol. The van der Waals surface area contributed by atoms with Gasteiger partial charge in [-0.1, -0.05) is 6.92 Å². The second kappa shape index (κ2) is 3.77. The van der Waals surface area contributed by atoms with Crippen molar-refractivity contribution in [2.24, 2.45) is 0 Å². The van der Waals surface area contributed by atoms with Crippen molar-refractivity contribution in [1.29, 1.82) is 0 Å². The van der Waals surface area contributed by atoms with Crippen LogP contribution in [0.4, 0.5) is 0 Å². The van der Waals surface area contributed by atoms with Crippen LogP contribution in [-0.2, 0) is 9.59 Å². The highest BCUT2D eigenvalue weighted by atomic mass is 16.2. The zero-order valence-electron chi connectivity index (χ0n) is 8.33. The molecule has 0 saturated carbocycles. The summed E-state index contributed by atoms with van der Waals surface area (Å²) in [6, 6.07) is -0.176. The molecule has 1 aliphatic rings. The van der Waals surface area contributed by atoms with Crippen LogP contribution >= 0.6 is 0 Å². The first-order valence-electron chi connectivity index (χ1n) is 4.66. The van der Waals surface area contributed by atoms with E-state index < -0.39 is 0 Å². The summed E-state index contributed by atoms with van der Waals surface area (Å²) in [7, 11) is 0. The van der Waals surface area contributed by atoms with Crippen molar-refractivity contribution in [2.75, 3.05) is 6.54 Å². The Balaban J connectivity index is 2.83. The average molecular weight is 184 g/mol. The second-order valence-electron chi connectivity index (χ2n) is 3.54. The molecule has 1 N–H and O–H groups in total. The average Bonchev–Trinajstić information content (AvgIpc) is 2.07. The summed E-state index contributed by atoms with van der Waals surface area (Å²) in [5.74, 6) is -0.0164. The molecule has 0 aromatic heterocycles. The lowest BCUT2D eigenvalue weighted by atomic mass is 10.1. The molecule has 0 bridgehead atoms. The van der Waals surface area contributed by atoms with Gasteiger partial charge >= 0.3 is 0 Å². The van der Waals surface area contributed by atoms with Crippen molar-refractivity contribution < 1.29 is 9.59 Å². The van der Waals surface area contributed by atoms with Crippen LogP contribution in [0.25, 0.3) is 0 Å². The molecular formula is C9H16N2O2. The molecule has 0 spiro atoms. The van der Waals surface area contributed by atoms with Crippen molar-refractivity contribution in [3.05, 3.63) is 0 Å². The molecule has 2 amide bonds. The molecule has 1 fully saturated rings. The normalized spacial score (nSPS) is 23.7. The summed E-state index contributed by atoms with van der Waals surface area (Å²) in [5, 5.41) is 2.59. The van der Waals surface area contributed by atoms with E-state index in [0.29, 0.717) is 6.42 Å². The quantitative estimate of drug-likeness (QED) is 0.663. The third kappa shape index (κ3) is 1.82. The van der Waals surface area contributed by atoms with Crippen LogP contribution in [0.5, 0.6) is 0 Å². The zero-order valence-corrected chi connectivity index (χ0v) is 8.33. The van der Waals surface area contributed by atoms with E-state index in [0.717, 1.165) is 0 Å². The highest BCUT2D eigenvalue weighted by Gasteiger charge is 2.34. The summed E-state index contributed by atoms with van der Waals surface area (Å²) in [5.41, 5.74) is 0. The smallest absolute Gasteiger partial charge is 0.243 e. The van der Waals surface area contributed by atoms with Gasteiger partial charge in [0.1, 0.15) is 6.04 Å². The van der Waals surface area contributed by atoms with Crippen LogP contribution in [-0.4, -0.2) is 35.3 Å². The van der Waals surface area contributed by atoms with E-state index in [2.05, 4.69) is 5.32 Å². The molecule has 1 unspecified atom stereocenters. The van der Waals surface area contributed by atoms with Crippen LogP contribution < -0.4 is 5.32 Å². The van der Waals surface area contributed by atoms with Crippen molar-refractivity contribution in [3.8, 4) is 0 Å². The zero-order chi connectivity index (χ0) is 10.0. The Labute approximate surface area is 78.3 Å². The first kappa shape index (κ1) is 10.0. The van der Waals surface area contributed by atoms with E-state index in [4.69, 9.17) is 0 Å². The number of amides is 2. The molecule has 0 radical (unpaired) electrons. The number of carbonyl (C=O) groups excluding carboxylic acids is 2. The fourth-order valence-electron chi connectivity index (χ4n) is 1.70. The summed E-state index contributed by atoms with van der Waals surface area (Å²) in [6.45, 7) is 5.92. The van der Waals surface area contributed by atoms with Crippen LogP contribution in [0.15, 0.2) is 0 Å². The lowest BCUT2D eigenvalue weighted by Gasteiger charge is -2.37. The number of rotatable bonds is 2. The lowest BCUT2D eigenvalue weighted by Crippen LogP contribution is -2.60. The Morgan fingerprint density at radius 1 is 1.54 bits per heavy atom. The van der Waals surface area contributed by atoms with E-state index in [9.17, 15) is 9.59 Å². The Bertz CT molecular complexity index is 226. The minimum Gasteiger partial charge on any atom is -0.345 e. The second-order valence-corrected chi connectivity index (χ2v) is 3.54. The third-order valence-electron chi connectivity index (χ3n) is 2.28. The fraction of sp³-hybridized carbons (Fsp3) is 0.778. The molecule has 74 valence electrons. The number of carbonyl (C=O) groups is 2. The molecule has 1 atom stereocenters. The summed E-state index contributed by atoms with van der Waals surface area (Å²) < 4.78 is 0. The van der Waals surface area contributed by atoms with Gasteiger partial charge in [0.05, 0.1) is 6.54 Å². The molecular weight excluding hydrogens is 168 g/mol. The maximum Gasteiger partial charge on any atom is 0.243 e. The first-order valence-corrected chi connectivity index (χ1v) is 4.66. The monoisotopic (exact) mass is 184 g/mol. The summed E-state index contributed by atoms with van der Waals surface area (Å²) in [4.78, 5) is 24.5. The molecule has 1 rings (SSSR count). The van der Waals surface area contributed by atoms with Gasteiger partial charge in [-0.05, 0) is 20.3 Å². The van der Waals surface area contributed by atoms with Gasteiger partial charge < -0.3 is 10.2 Å². The van der Waals surface area contributed by atoms with Crippen molar-refractivity contribution in [1.82, 2.24) is 10.2 Å². The topological polar surface area (TPSA) is 49.4 Å². The van der Waals surface area contributed by atoms with Gasteiger partial charge in [-0.2, -0.15) is 0 Å². The van der Waals surface area contributed by atoms with Crippen LogP contribution in [0.3, 0.4) is 0 Å². The number of hydrogen-bond acceptors (Lipinski definition) is 2. The van der Waals surface area contributed by atoms with Gasteiger partial charge in [0.25, 0.3) is 0 Å². The highest BCUT2D eigenvalue weighted by Crippen LogP contribution is 2.12. The fourth-order valence-corrected chi connectivity index (χ4v) is 1.70. The number of nitrogens with one attached hydrogen (secondary N) is 1. The highest BCUT2D eigenvalue weighted by molar-refractivity contribution is 5.94. The van der Waals surface area contributed by atoms with Gasteiger partial charge in [0, 0.05) is 6.04 Å². The van der Waals surface area contributed by atoms with Crippen molar-refractivity contribution >= 4 is 11.8 Å². The van der Waals surface area contributed by atoms with Gasteiger partial charge in [-0.25, -0.2) is 0 Å². The number of hydrogen-bond donors (Lipinski definition) is 1. The Morgan fingerprint density at radius 2 is 2.15 bits per heavy atom. The van der Waals surface area contributed by atoms with Crippen LogP contribution in [0.2, 0.25) is 0 Å².